The van der Waals surface area contributed by atoms with Crippen molar-refractivity contribution in [2.24, 2.45) is 0 Å². The number of hydrogen-bond acceptors (Lipinski definition) is 6. The van der Waals surface area contributed by atoms with Gasteiger partial charge in [-0.15, -0.1) is 0 Å². The first-order valence-corrected chi connectivity index (χ1v) is 10.3. The zero-order valence-corrected chi connectivity index (χ0v) is 17.6. The summed E-state index contributed by atoms with van der Waals surface area (Å²) in [6.45, 7) is 0. The third-order valence-corrected chi connectivity index (χ3v) is 5.07. The second kappa shape index (κ2) is 8.51. The van der Waals surface area contributed by atoms with Crippen molar-refractivity contribution in [1.82, 2.24) is 0 Å². The molecule has 3 aromatic rings. The Morgan fingerprint density at radius 3 is 1.24 bits per heavy atom. The number of carbonyl (C=O) groups excluding carboxylic acids is 4. The van der Waals surface area contributed by atoms with E-state index < -0.39 is 23.6 Å². The molecular weight excluding hydrogens is 436 g/mol. The van der Waals surface area contributed by atoms with Gasteiger partial charge in [0.2, 0.25) is 0 Å². The molecule has 3 aromatic carbocycles. The molecule has 4 amide bonds. The number of anilines is 2. The number of hydrogen-bond donors (Lipinski definition) is 0. The van der Waals surface area contributed by atoms with E-state index in [2.05, 4.69) is 0 Å². The Balaban J connectivity index is 1.38. The van der Waals surface area contributed by atoms with Gasteiger partial charge >= 0.3 is 0 Å². The molecule has 2 aliphatic heterocycles. The predicted octanol–water partition coefficient (Wildman–Crippen LogP) is 4.13. The number of carbonyl (C=O) groups is 4. The minimum Gasteiger partial charge on any atom is -0.453 e. The van der Waals surface area contributed by atoms with E-state index in [0.29, 0.717) is 34.4 Å². The van der Waals surface area contributed by atoms with Crippen LogP contribution >= 0.6 is 0 Å². The maximum atomic E-state index is 12.0. The summed E-state index contributed by atoms with van der Waals surface area (Å²) in [5.41, 5.74) is 0.773. The quantitative estimate of drug-likeness (QED) is 0.522. The van der Waals surface area contributed by atoms with E-state index in [1.165, 1.54) is 24.3 Å². The standard InChI is InChI=1S/C26H16N2O6/c29-23-11-12-24(30)27(23)17-5-3-7-19(15-17)33-21-9-1-2-10-22(21)34-20-8-4-6-18(16-20)28-25(31)13-14-26(28)32/h1-16H. The molecular formula is C26H16N2O6. The summed E-state index contributed by atoms with van der Waals surface area (Å²) in [5, 5.41) is 0. The van der Waals surface area contributed by atoms with Crippen LogP contribution in [0.25, 0.3) is 0 Å². The van der Waals surface area contributed by atoms with Crippen LogP contribution in [0.4, 0.5) is 11.4 Å². The molecule has 0 N–H and O–H groups in total. The number of para-hydroxylation sites is 2. The van der Waals surface area contributed by atoms with Crippen molar-refractivity contribution in [2.45, 2.75) is 0 Å². The van der Waals surface area contributed by atoms with Gasteiger partial charge in [0.05, 0.1) is 11.4 Å². The summed E-state index contributed by atoms with van der Waals surface area (Å²) in [7, 11) is 0. The Kier molecular flexibility index (Phi) is 5.23. The number of benzene rings is 3. The van der Waals surface area contributed by atoms with Crippen molar-refractivity contribution in [3.05, 3.63) is 97.1 Å². The molecule has 0 saturated heterocycles. The molecule has 2 aliphatic rings. The fourth-order valence-corrected chi connectivity index (χ4v) is 3.55. The summed E-state index contributed by atoms with van der Waals surface area (Å²) in [6, 6.07) is 20.1. The SMILES string of the molecule is O=C1C=CC(=O)N1c1cccc(Oc2ccccc2Oc2cccc(N3C(=O)C=CC3=O)c2)c1. The second-order valence-electron chi connectivity index (χ2n) is 7.34. The van der Waals surface area contributed by atoms with E-state index in [-0.39, 0.29) is 0 Å². The van der Waals surface area contributed by atoms with Gasteiger partial charge in [0.1, 0.15) is 11.5 Å². The number of rotatable bonds is 6. The van der Waals surface area contributed by atoms with E-state index in [9.17, 15) is 19.2 Å². The molecule has 0 spiro atoms. The molecule has 0 aromatic heterocycles. The van der Waals surface area contributed by atoms with Gasteiger partial charge in [0, 0.05) is 36.4 Å². The molecule has 0 saturated carbocycles. The molecule has 0 atom stereocenters. The zero-order valence-electron chi connectivity index (χ0n) is 17.6. The Morgan fingerprint density at radius 2 is 0.853 bits per heavy atom. The summed E-state index contributed by atoms with van der Waals surface area (Å²) in [4.78, 5) is 50.0. The van der Waals surface area contributed by atoms with Gasteiger partial charge < -0.3 is 9.47 Å². The minimum absolute atomic E-state index is 0.386. The zero-order chi connectivity index (χ0) is 23.7. The second-order valence-corrected chi connectivity index (χ2v) is 7.34. The maximum Gasteiger partial charge on any atom is 0.258 e. The lowest BCUT2D eigenvalue weighted by Crippen LogP contribution is -2.29. The molecule has 2 heterocycles. The average molecular weight is 452 g/mol. The van der Waals surface area contributed by atoms with Crippen LogP contribution in [0.2, 0.25) is 0 Å². The van der Waals surface area contributed by atoms with E-state index in [4.69, 9.17) is 9.47 Å². The van der Waals surface area contributed by atoms with E-state index in [1.54, 1.807) is 72.8 Å². The van der Waals surface area contributed by atoms with Crippen molar-refractivity contribution in [2.75, 3.05) is 9.80 Å². The van der Waals surface area contributed by atoms with Crippen LogP contribution < -0.4 is 19.3 Å². The largest absolute Gasteiger partial charge is 0.453 e. The van der Waals surface area contributed by atoms with Crippen molar-refractivity contribution in [3.8, 4) is 23.0 Å². The minimum atomic E-state index is -0.420. The lowest BCUT2D eigenvalue weighted by atomic mass is 10.2. The van der Waals surface area contributed by atoms with Gasteiger partial charge in [-0.3, -0.25) is 19.2 Å². The van der Waals surface area contributed by atoms with Crippen LogP contribution in [-0.2, 0) is 19.2 Å². The summed E-state index contributed by atoms with van der Waals surface area (Å²) < 4.78 is 12.0. The average Bonchev–Trinajstić information content (AvgIpc) is 3.35. The molecule has 5 rings (SSSR count). The number of ether oxygens (including phenoxy) is 2. The third kappa shape index (κ3) is 3.95. The van der Waals surface area contributed by atoms with Crippen molar-refractivity contribution in [1.29, 1.82) is 0 Å². The molecule has 0 fully saturated rings. The van der Waals surface area contributed by atoms with Crippen LogP contribution in [0.15, 0.2) is 97.1 Å². The molecule has 8 heteroatoms. The normalized spacial score (nSPS) is 14.9. The van der Waals surface area contributed by atoms with Crippen LogP contribution in [0, 0.1) is 0 Å². The predicted molar refractivity (Wildman–Crippen MR) is 123 cm³/mol. The highest BCUT2D eigenvalue weighted by molar-refractivity contribution is 6.28. The highest BCUT2D eigenvalue weighted by Gasteiger charge is 2.26. The topological polar surface area (TPSA) is 93.2 Å². The summed E-state index contributed by atoms with van der Waals surface area (Å²) in [6.07, 6.45) is 4.86. The molecule has 0 aliphatic carbocycles. The molecule has 0 radical (unpaired) electrons. The van der Waals surface area contributed by atoms with Crippen LogP contribution in [-0.4, -0.2) is 23.6 Å². The van der Waals surface area contributed by atoms with Crippen molar-refractivity contribution in [3.63, 3.8) is 0 Å². The first-order valence-electron chi connectivity index (χ1n) is 10.3. The van der Waals surface area contributed by atoms with Gasteiger partial charge in [-0.05, 0) is 36.4 Å². The molecule has 34 heavy (non-hydrogen) atoms. The lowest BCUT2D eigenvalue weighted by molar-refractivity contribution is -0.121. The van der Waals surface area contributed by atoms with Crippen LogP contribution in [0.3, 0.4) is 0 Å². The highest BCUT2D eigenvalue weighted by atomic mass is 16.5. The van der Waals surface area contributed by atoms with Gasteiger partial charge in [0.15, 0.2) is 11.5 Å². The van der Waals surface area contributed by atoms with Gasteiger partial charge in [-0.1, -0.05) is 24.3 Å². The van der Waals surface area contributed by atoms with Gasteiger partial charge in [0.25, 0.3) is 23.6 Å². The molecule has 166 valence electrons. The smallest absolute Gasteiger partial charge is 0.258 e. The fourth-order valence-electron chi connectivity index (χ4n) is 3.55. The number of nitrogens with zero attached hydrogens (tertiary/aromatic N) is 2. The van der Waals surface area contributed by atoms with Crippen molar-refractivity contribution >= 4 is 35.0 Å². The van der Waals surface area contributed by atoms with E-state index in [1.807, 2.05) is 0 Å². The number of imide groups is 2. The number of amides is 4. The summed E-state index contributed by atoms with van der Waals surface area (Å²) in [5.74, 6) is -0.114. The fraction of sp³-hybridized carbons (Fsp3) is 0. The Labute approximate surface area is 193 Å². The first-order chi connectivity index (χ1) is 16.5. The van der Waals surface area contributed by atoms with Gasteiger partial charge in [-0.2, -0.15) is 0 Å². The Bertz CT molecular complexity index is 1270. The molecule has 8 nitrogen and oxygen atoms in total. The van der Waals surface area contributed by atoms with Crippen molar-refractivity contribution < 1.29 is 28.7 Å². The maximum absolute atomic E-state index is 12.0. The van der Waals surface area contributed by atoms with E-state index in [0.717, 1.165) is 9.80 Å². The third-order valence-electron chi connectivity index (χ3n) is 5.07. The highest BCUT2D eigenvalue weighted by Crippen LogP contribution is 2.37. The monoisotopic (exact) mass is 452 g/mol. The van der Waals surface area contributed by atoms with Crippen LogP contribution in [0.5, 0.6) is 23.0 Å². The Morgan fingerprint density at radius 1 is 0.471 bits per heavy atom. The van der Waals surface area contributed by atoms with Gasteiger partial charge in [-0.25, -0.2) is 9.80 Å². The lowest BCUT2D eigenvalue weighted by Gasteiger charge is -2.17. The van der Waals surface area contributed by atoms with E-state index >= 15 is 0 Å². The molecule has 0 unspecified atom stereocenters. The molecule has 0 bridgehead atoms. The summed E-state index contributed by atoms with van der Waals surface area (Å²) >= 11 is 0. The van der Waals surface area contributed by atoms with Crippen LogP contribution in [0.1, 0.15) is 0 Å². The first kappa shape index (κ1) is 20.9. The Hall–Kier alpha value is -4.98.